The Kier molecular flexibility index (Phi) is 7.37. The number of nitro groups is 3. The zero-order chi connectivity index (χ0) is 26.7. The molecule has 14 nitrogen and oxygen atoms in total. The van der Waals surface area contributed by atoms with Gasteiger partial charge in [-0.15, -0.1) is 0 Å². The Hall–Kier alpha value is -4.47. The van der Waals surface area contributed by atoms with E-state index in [0.29, 0.717) is 10.8 Å². The van der Waals surface area contributed by atoms with Crippen LogP contribution >= 0.6 is 11.9 Å². The SMILES string of the molecule is O=C1c2cccc3cc([N+](=O)[O-])cc(c23)C(=O)N1CCOCCNSc1ccc([N+](=O)[O-])cc1[N+](=O)[O-]. The number of nitro benzene ring substituents is 3. The third-order valence-corrected chi connectivity index (χ3v) is 6.38. The van der Waals surface area contributed by atoms with Gasteiger partial charge in [0.25, 0.3) is 28.9 Å². The summed E-state index contributed by atoms with van der Waals surface area (Å²) in [6.07, 6.45) is 0. The minimum atomic E-state index is -0.721. The maximum absolute atomic E-state index is 13.0. The normalized spacial score (nSPS) is 12.7. The summed E-state index contributed by atoms with van der Waals surface area (Å²) in [4.78, 5) is 58.3. The molecule has 1 aliphatic rings. The van der Waals surface area contributed by atoms with Crippen LogP contribution in [0.2, 0.25) is 0 Å². The summed E-state index contributed by atoms with van der Waals surface area (Å²) in [5, 5.41) is 34.1. The number of carbonyl (C=O) groups excluding carboxylic acids is 2. The van der Waals surface area contributed by atoms with Crippen LogP contribution in [0.4, 0.5) is 17.1 Å². The number of imide groups is 1. The molecular formula is C22H17N5O9S. The summed E-state index contributed by atoms with van der Waals surface area (Å²) < 4.78 is 8.32. The highest BCUT2D eigenvalue weighted by molar-refractivity contribution is 7.97. The fraction of sp³-hybridized carbons (Fsp3) is 0.182. The topological polar surface area (TPSA) is 188 Å². The van der Waals surface area contributed by atoms with E-state index in [0.717, 1.165) is 35.0 Å². The minimum Gasteiger partial charge on any atom is -0.378 e. The van der Waals surface area contributed by atoms with Crippen LogP contribution < -0.4 is 4.72 Å². The molecule has 0 unspecified atom stereocenters. The molecule has 0 spiro atoms. The molecule has 0 radical (unpaired) electrons. The van der Waals surface area contributed by atoms with Gasteiger partial charge in [0.05, 0.1) is 46.2 Å². The summed E-state index contributed by atoms with van der Waals surface area (Å²) in [6, 6.07) is 10.5. The van der Waals surface area contributed by atoms with E-state index >= 15 is 0 Å². The Balaban J connectivity index is 1.32. The van der Waals surface area contributed by atoms with Crippen LogP contribution in [0.25, 0.3) is 10.8 Å². The summed E-state index contributed by atoms with van der Waals surface area (Å²) in [7, 11) is 0. The molecule has 190 valence electrons. The number of hydrogen-bond donors (Lipinski definition) is 1. The van der Waals surface area contributed by atoms with Crippen LogP contribution in [-0.2, 0) is 4.74 Å². The maximum Gasteiger partial charge on any atom is 0.291 e. The molecule has 1 N–H and O–H groups in total. The number of carbonyl (C=O) groups is 2. The van der Waals surface area contributed by atoms with Crippen LogP contribution in [0.3, 0.4) is 0 Å². The molecule has 15 heteroatoms. The first-order valence-electron chi connectivity index (χ1n) is 10.7. The van der Waals surface area contributed by atoms with Crippen molar-refractivity contribution < 1.29 is 29.1 Å². The standard InChI is InChI=1S/C22H17N5O9S/c28-21-16-3-1-2-13-10-15(26(32)33)11-17(20(13)16)22(29)24(21)7-9-36-8-6-23-37-19-5-4-14(25(30)31)12-18(19)27(34)35/h1-5,10-12,23H,6-9H2. The van der Waals surface area contributed by atoms with Crippen LogP contribution in [0, 0.1) is 30.3 Å². The van der Waals surface area contributed by atoms with E-state index in [1.807, 2.05) is 0 Å². The largest absolute Gasteiger partial charge is 0.378 e. The number of nitrogens with zero attached hydrogens (tertiary/aromatic N) is 4. The molecule has 0 fully saturated rings. The lowest BCUT2D eigenvalue weighted by Gasteiger charge is -2.27. The average molecular weight is 527 g/mol. The third kappa shape index (κ3) is 5.23. The summed E-state index contributed by atoms with van der Waals surface area (Å²) in [5.74, 6) is -1.18. The predicted octanol–water partition coefficient (Wildman–Crippen LogP) is 3.47. The van der Waals surface area contributed by atoms with E-state index in [9.17, 15) is 39.9 Å². The van der Waals surface area contributed by atoms with Gasteiger partial charge in [-0.05, 0) is 29.5 Å². The van der Waals surface area contributed by atoms with Gasteiger partial charge in [0.15, 0.2) is 0 Å². The number of amides is 2. The van der Waals surface area contributed by atoms with Gasteiger partial charge in [-0.25, -0.2) is 0 Å². The Bertz CT molecular complexity index is 1460. The molecule has 0 atom stereocenters. The van der Waals surface area contributed by atoms with E-state index in [4.69, 9.17) is 4.74 Å². The number of ether oxygens (including phenoxy) is 1. The number of non-ortho nitro benzene ring substituents is 2. The lowest BCUT2D eigenvalue weighted by atomic mass is 9.93. The monoisotopic (exact) mass is 527 g/mol. The van der Waals surface area contributed by atoms with Crippen LogP contribution in [0.5, 0.6) is 0 Å². The van der Waals surface area contributed by atoms with E-state index in [2.05, 4.69) is 4.72 Å². The fourth-order valence-corrected chi connectivity index (χ4v) is 4.51. The predicted molar refractivity (Wildman–Crippen MR) is 130 cm³/mol. The van der Waals surface area contributed by atoms with Crippen molar-refractivity contribution in [3.8, 4) is 0 Å². The van der Waals surface area contributed by atoms with E-state index in [-0.39, 0.29) is 48.0 Å². The first-order chi connectivity index (χ1) is 17.7. The smallest absolute Gasteiger partial charge is 0.291 e. The number of nitrogens with one attached hydrogen (secondary N) is 1. The van der Waals surface area contributed by atoms with Crippen LogP contribution in [-0.4, -0.2) is 57.8 Å². The van der Waals surface area contributed by atoms with Crippen LogP contribution in [0.15, 0.2) is 53.4 Å². The van der Waals surface area contributed by atoms with Gasteiger partial charge < -0.3 is 4.74 Å². The van der Waals surface area contributed by atoms with Crippen molar-refractivity contribution in [2.75, 3.05) is 26.3 Å². The van der Waals surface area contributed by atoms with Gasteiger partial charge >= 0.3 is 0 Å². The first-order valence-corrected chi connectivity index (χ1v) is 11.5. The van der Waals surface area contributed by atoms with Crippen molar-refractivity contribution in [2.24, 2.45) is 0 Å². The number of hydrogen-bond acceptors (Lipinski definition) is 11. The number of rotatable bonds is 11. The van der Waals surface area contributed by atoms with E-state index in [1.54, 1.807) is 18.2 Å². The highest BCUT2D eigenvalue weighted by Crippen LogP contribution is 2.33. The third-order valence-electron chi connectivity index (χ3n) is 5.46. The lowest BCUT2D eigenvalue weighted by molar-refractivity contribution is -0.396. The van der Waals surface area contributed by atoms with Gasteiger partial charge in [0, 0.05) is 35.7 Å². The summed E-state index contributed by atoms with van der Waals surface area (Å²) in [5.41, 5.74) is -0.720. The van der Waals surface area contributed by atoms with E-state index in [1.165, 1.54) is 12.1 Å². The van der Waals surface area contributed by atoms with Gasteiger partial charge in [-0.1, -0.05) is 12.1 Å². The molecule has 3 aromatic carbocycles. The Morgan fingerprint density at radius 3 is 2.27 bits per heavy atom. The molecule has 3 aromatic rings. The highest BCUT2D eigenvalue weighted by Gasteiger charge is 2.34. The van der Waals surface area contributed by atoms with Crippen LogP contribution in [0.1, 0.15) is 20.7 Å². The fourth-order valence-electron chi connectivity index (χ4n) is 3.80. The number of benzene rings is 3. The van der Waals surface area contributed by atoms with Gasteiger partial charge in [0.2, 0.25) is 0 Å². The van der Waals surface area contributed by atoms with Crippen molar-refractivity contribution in [1.29, 1.82) is 0 Å². The molecule has 0 bridgehead atoms. The first kappa shape index (κ1) is 25.6. The molecule has 1 heterocycles. The average Bonchev–Trinajstić information content (AvgIpc) is 2.87. The summed E-state index contributed by atoms with van der Waals surface area (Å²) >= 11 is 0.908. The van der Waals surface area contributed by atoms with E-state index < -0.39 is 38.0 Å². The molecule has 0 aliphatic carbocycles. The van der Waals surface area contributed by atoms with Crippen molar-refractivity contribution in [3.05, 3.63) is 90.0 Å². The molecule has 37 heavy (non-hydrogen) atoms. The zero-order valence-corrected chi connectivity index (χ0v) is 19.6. The quantitative estimate of drug-likeness (QED) is 0.126. The van der Waals surface area contributed by atoms with Crippen molar-refractivity contribution in [2.45, 2.75) is 4.90 Å². The molecule has 4 rings (SSSR count). The van der Waals surface area contributed by atoms with Gasteiger partial charge in [-0.2, -0.15) is 0 Å². The van der Waals surface area contributed by atoms with Crippen molar-refractivity contribution >= 4 is 51.6 Å². The van der Waals surface area contributed by atoms with Gasteiger partial charge in [-0.3, -0.25) is 49.6 Å². The van der Waals surface area contributed by atoms with Crippen molar-refractivity contribution in [1.82, 2.24) is 9.62 Å². The Labute approximate surface area is 211 Å². The zero-order valence-electron chi connectivity index (χ0n) is 18.8. The minimum absolute atomic E-state index is 0.0122. The molecule has 0 aromatic heterocycles. The Morgan fingerprint density at radius 2 is 1.57 bits per heavy atom. The highest BCUT2D eigenvalue weighted by atomic mass is 32.2. The second kappa shape index (κ2) is 10.7. The second-order valence-corrected chi connectivity index (χ2v) is 8.62. The molecule has 0 saturated carbocycles. The van der Waals surface area contributed by atoms with Crippen molar-refractivity contribution in [3.63, 3.8) is 0 Å². The lowest BCUT2D eigenvalue weighted by Crippen LogP contribution is -2.42. The second-order valence-electron chi connectivity index (χ2n) is 7.69. The molecule has 0 saturated heterocycles. The molecule has 2 amide bonds. The molecule has 1 aliphatic heterocycles. The summed E-state index contributed by atoms with van der Waals surface area (Å²) in [6.45, 7) is 0.259. The van der Waals surface area contributed by atoms with Gasteiger partial charge in [0.1, 0.15) is 4.90 Å². The maximum atomic E-state index is 13.0. The molecular weight excluding hydrogens is 510 g/mol. The Morgan fingerprint density at radius 1 is 0.838 bits per heavy atom.